The number of benzene rings is 1. The minimum Gasteiger partial charge on any atom is -0.477 e. The lowest BCUT2D eigenvalue weighted by molar-refractivity contribution is 0.0694. The van der Waals surface area contributed by atoms with E-state index in [0.717, 1.165) is 11.6 Å². The number of aromatic nitrogens is 2. The van der Waals surface area contributed by atoms with Crippen molar-refractivity contribution in [2.75, 3.05) is 30.8 Å². The van der Waals surface area contributed by atoms with Gasteiger partial charge in [0.2, 0.25) is 5.43 Å². The first-order chi connectivity index (χ1) is 16.7. The topological polar surface area (TPSA) is 142 Å². The lowest BCUT2D eigenvalue weighted by Gasteiger charge is -2.35. The molecule has 4 rings (SSSR count). The standard InChI is InChI=1S/C23H25FN4O3.CH4O3S/c1-23(2,3)28-12-16(22(30)31)19(29)15-11-17(24)21(26-20(15)28)27-10-9-25-18(13-27)14-7-5-4-6-8-14;1-5(2,3)4/h4-8,11-12,18,25H,9-10,13H2,1-3H3,(H,30,31);1H3,(H,2,3,4). The molecule has 2 aromatic heterocycles. The molecule has 1 aliphatic rings. The van der Waals surface area contributed by atoms with Crippen molar-refractivity contribution in [3.05, 3.63) is 69.8 Å². The van der Waals surface area contributed by atoms with Crippen LogP contribution in [0.1, 0.15) is 42.7 Å². The zero-order chi connectivity index (χ0) is 26.8. The predicted octanol–water partition coefficient (Wildman–Crippen LogP) is 2.64. The molecule has 0 aliphatic carbocycles. The fourth-order valence-corrected chi connectivity index (χ4v) is 3.95. The van der Waals surface area contributed by atoms with E-state index in [1.807, 2.05) is 56.0 Å². The van der Waals surface area contributed by atoms with Gasteiger partial charge in [0.1, 0.15) is 11.2 Å². The minimum atomic E-state index is -3.67. The van der Waals surface area contributed by atoms with Gasteiger partial charge < -0.3 is 19.9 Å². The van der Waals surface area contributed by atoms with E-state index in [-0.39, 0.29) is 22.9 Å². The highest BCUT2D eigenvalue weighted by molar-refractivity contribution is 7.85. The fraction of sp³-hybridized carbons (Fsp3) is 0.375. The van der Waals surface area contributed by atoms with Crippen LogP contribution in [-0.2, 0) is 15.7 Å². The molecule has 1 aliphatic heterocycles. The van der Waals surface area contributed by atoms with Gasteiger partial charge in [-0.25, -0.2) is 14.2 Å². The summed E-state index contributed by atoms with van der Waals surface area (Å²) >= 11 is 0. The van der Waals surface area contributed by atoms with E-state index in [0.29, 0.717) is 25.9 Å². The van der Waals surface area contributed by atoms with Crippen molar-refractivity contribution in [2.24, 2.45) is 0 Å². The molecule has 1 aromatic carbocycles. The first-order valence-electron chi connectivity index (χ1n) is 11.1. The summed E-state index contributed by atoms with van der Waals surface area (Å²) in [5, 5.41) is 12.8. The largest absolute Gasteiger partial charge is 0.477 e. The molecule has 0 bridgehead atoms. The summed E-state index contributed by atoms with van der Waals surface area (Å²) in [6.45, 7) is 7.37. The molecule has 3 heterocycles. The molecule has 0 saturated carbocycles. The van der Waals surface area contributed by atoms with E-state index in [1.54, 1.807) is 4.57 Å². The van der Waals surface area contributed by atoms with Crippen molar-refractivity contribution in [3.63, 3.8) is 0 Å². The van der Waals surface area contributed by atoms with Crippen LogP contribution in [0.15, 0.2) is 47.4 Å². The number of fused-ring (bicyclic) bond motifs is 1. The third-order valence-electron chi connectivity index (χ3n) is 5.54. The number of carbonyl (C=O) groups is 1. The molecule has 36 heavy (non-hydrogen) atoms. The predicted molar refractivity (Wildman–Crippen MR) is 135 cm³/mol. The summed E-state index contributed by atoms with van der Waals surface area (Å²) in [5.74, 6) is -1.82. The lowest BCUT2D eigenvalue weighted by atomic mass is 10.0. The number of carboxylic acid groups (broad SMARTS) is 1. The Hall–Kier alpha value is -3.35. The van der Waals surface area contributed by atoms with Crippen LogP contribution in [-0.4, -0.2) is 59.5 Å². The maximum atomic E-state index is 15.2. The Morgan fingerprint density at radius 2 is 1.83 bits per heavy atom. The zero-order valence-corrected chi connectivity index (χ0v) is 21.2. The molecular formula is C24H29FN4O6S. The van der Waals surface area contributed by atoms with Gasteiger partial charge in [0.25, 0.3) is 10.1 Å². The smallest absolute Gasteiger partial charge is 0.341 e. The van der Waals surface area contributed by atoms with Gasteiger partial charge in [-0.3, -0.25) is 9.35 Å². The Morgan fingerprint density at radius 3 is 2.39 bits per heavy atom. The first kappa shape index (κ1) is 27.2. The SMILES string of the molecule is CC(C)(C)n1cc(C(=O)O)c(=O)c2cc(F)c(N3CCNC(c4ccccc4)C3)nc21.CS(=O)(=O)O. The Labute approximate surface area is 208 Å². The van der Waals surface area contributed by atoms with Crippen LogP contribution in [0.2, 0.25) is 0 Å². The Morgan fingerprint density at radius 1 is 1.22 bits per heavy atom. The summed E-state index contributed by atoms with van der Waals surface area (Å²) in [6.07, 6.45) is 2.01. The van der Waals surface area contributed by atoms with E-state index >= 15 is 4.39 Å². The van der Waals surface area contributed by atoms with Crippen LogP contribution >= 0.6 is 0 Å². The first-order valence-corrected chi connectivity index (χ1v) is 13.0. The summed E-state index contributed by atoms with van der Waals surface area (Å²) < 4.78 is 42.7. The Bertz CT molecular complexity index is 1430. The Kier molecular flexibility index (Phi) is 7.82. The summed E-state index contributed by atoms with van der Waals surface area (Å²) in [4.78, 5) is 30.7. The van der Waals surface area contributed by atoms with Crippen molar-refractivity contribution in [1.82, 2.24) is 14.9 Å². The quantitative estimate of drug-likeness (QED) is 0.444. The molecule has 194 valence electrons. The third-order valence-corrected chi connectivity index (χ3v) is 5.54. The van der Waals surface area contributed by atoms with E-state index in [4.69, 9.17) is 4.55 Å². The highest BCUT2D eigenvalue weighted by Gasteiger charge is 2.27. The number of hydrogen-bond donors (Lipinski definition) is 3. The van der Waals surface area contributed by atoms with Crippen molar-refractivity contribution in [3.8, 4) is 0 Å². The number of nitrogens with one attached hydrogen (secondary N) is 1. The number of pyridine rings is 2. The number of halogens is 1. The van der Waals surface area contributed by atoms with Gasteiger partial charge in [-0.15, -0.1) is 0 Å². The average molecular weight is 521 g/mol. The molecule has 1 saturated heterocycles. The van der Waals surface area contributed by atoms with Gasteiger partial charge >= 0.3 is 5.97 Å². The third kappa shape index (κ3) is 6.45. The van der Waals surface area contributed by atoms with Crippen LogP contribution in [0.25, 0.3) is 11.0 Å². The molecular weight excluding hydrogens is 491 g/mol. The molecule has 0 amide bonds. The summed E-state index contributed by atoms with van der Waals surface area (Å²) in [7, 11) is -3.67. The van der Waals surface area contributed by atoms with Gasteiger partial charge in [-0.1, -0.05) is 30.3 Å². The number of nitrogens with zero attached hydrogens (tertiary/aromatic N) is 3. The highest BCUT2D eigenvalue weighted by Crippen LogP contribution is 2.28. The second-order valence-electron chi connectivity index (χ2n) is 9.48. The average Bonchev–Trinajstić information content (AvgIpc) is 2.78. The van der Waals surface area contributed by atoms with Crippen LogP contribution in [0.5, 0.6) is 0 Å². The van der Waals surface area contributed by atoms with Crippen molar-refractivity contribution in [2.45, 2.75) is 32.4 Å². The van der Waals surface area contributed by atoms with Crippen LogP contribution in [0.4, 0.5) is 10.2 Å². The number of carboxylic acids is 1. The second-order valence-corrected chi connectivity index (χ2v) is 10.9. The van der Waals surface area contributed by atoms with Gasteiger partial charge in [0.15, 0.2) is 11.6 Å². The van der Waals surface area contributed by atoms with E-state index in [2.05, 4.69) is 10.3 Å². The van der Waals surface area contributed by atoms with Crippen molar-refractivity contribution in [1.29, 1.82) is 0 Å². The lowest BCUT2D eigenvalue weighted by Crippen LogP contribution is -2.46. The number of aromatic carboxylic acids is 1. The summed E-state index contributed by atoms with van der Waals surface area (Å²) in [6, 6.07) is 11.1. The highest BCUT2D eigenvalue weighted by atomic mass is 32.2. The number of rotatable bonds is 3. The molecule has 10 nitrogen and oxygen atoms in total. The molecule has 0 radical (unpaired) electrons. The molecule has 0 spiro atoms. The maximum absolute atomic E-state index is 15.2. The molecule has 1 atom stereocenters. The number of anilines is 1. The number of hydrogen-bond acceptors (Lipinski definition) is 7. The monoisotopic (exact) mass is 520 g/mol. The second kappa shape index (κ2) is 10.3. The van der Waals surface area contributed by atoms with E-state index in [1.165, 1.54) is 6.20 Å². The van der Waals surface area contributed by atoms with Gasteiger partial charge in [-0.2, -0.15) is 8.42 Å². The maximum Gasteiger partial charge on any atom is 0.341 e. The van der Waals surface area contributed by atoms with Gasteiger partial charge in [0.05, 0.1) is 11.6 Å². The van der Waals surface area contributed by atoms with Gasteiger partial charge in [-0.05, 0) is 32.4 Å². The Balaban J connectivity index is 0.000000658. The van der Waals surface area contributed by atoms with E-state index < -0.39 is 38.4 Å². The van der Waals surface area contributed by atoms with Crippen LogP contribution in [0, 0.1) is 5.82 Å². The van der Waals surface area contributed by atoms with E-state index in [9.17, 15) is 23.1 Å². The zero-order valence-electron chi connectivity index (χ0n) is 20.4. The summed E-state index contributed by atoms with van der Waals surface area (Å²) in [5.41, 5.74) is -0.320. The van der Waals surface area contributed by atoms with Crippen LogP contribution < -0.4 is 15.6 Å². The van der Waals surface area contributed by atoms with Crippen LogP contribution in [0.3, 0.4) is 0 Å². The normalized spacial score (nSPS) is 16.4. The van der Waals surface area contributed by atoms with Crippen molar-refractivity contribution < 1.29 is 27.3 Å². The molecule has 1 fully saturated rings. The molecule has 3 aromatic rings. The molecule has 3 N–H and O–H groups in total. The fourth-order valence-electron chi connectivity index (χ4n) is 3.95. The minimum absolute atomic E-state index is 0.0195. The molecule has 1 unspecified atom stereocenters. The number of piperazine rings is 1. The van der Waals surface area contributed by atoms with Crippen molar-refractivity contribution >= 4 is 32.9 Å². The molecule has 12 heteroatoms. The van der Waals surface area contributed by atoms with Gasteiger partial charge in [0, 0.05) is 37.4 Å².